The Balaban J connectivity index is 2.37. The molecule has 112 valence electrons. The van der Waals surface area contributed by atoms with Gasteiger partial charge in [0, 0.05) is 0 Å². The van der Waals surface area contributed by atoms with Crippen LogP contribution in [0.5, 0.6) is 0 Å². The van der Waals surface area contributed by atoms with E-state index in [2.05, 4.69) is 6.92 Å². The SMILES string of the molecule is CCCCCCC(C)OOC(=O)c1cccc(C)c1C. The topological polar surface area (TPSA) is 35.5 Å². The third kappa shape index (κ3) is 5.33. The van der Waals surface area contributed by atoms with Gasteiger partial charge in [-0.2, -0.15) is 4.89 Å². The number of rotatable bonds is 8. The molecule has 1 aromatic rings. The molecule has 0 amide bonds. The maximum Gasteiger partial charge on any atom is 0.373 e. The minimum absolute atomic E-state index is 0.0547. The number of aryl methyl sites for hydroxylation is 1. The number of hydrogen-bond acceptors (Lipinski definition) is 3. The second kappa shape index (κ2) is 8.75. The Morgan fingerprint density at radius 2 is 1.95 bits per heavy atom. The predicted molar refractivity (Wildman–Crippen MR) is 80.6 cm³/mol. The van der Waals surface area contributed by atoms with Gasteiger partial charge in [0.1, 0.15) is 6.10 Å². The van der Waals surface area contributed by atoms with Crippen LogP contribution in [-0.4, -0.2) is 12.1 Å². The summed E-state index contributed by atoms with van der Waals surface area (Å²) < 4.78 is 0. The Kier molecular flexibility index (Phi) is 7.31. The Morgan fingerprint density at radius 3 is 2.65 bits per heavy atom. The van der Waals surface area contributed by atoms with Crippen LogP contribution in [0.3, 0.4) is 0 Å². The molecule has 0 N–H and O–H groups in total. The molecule has 0 aliphatic carbocycles. The van der Waals surface area contributed by atoms with Crippen LogP contribution < -0.4 is 0 Å². The van der Waals surface area contributed by atoms with Crippen molar-refractivity contribution in [1.82, 2.24) is 0 Å². The lowest BCUT2D eigenvalue weighted by molar-refractivity contribution is -0.271. The van der Waals surface area contributed by atoms with E-state index < -0.39 is 5.97 Å². The molecule has 0 aromatic heterocycles. The molecule has 0 spiro atoms. The van der Waals surface area contributed by atoms with E-state index >= 15 is 0 Å². The molecule has 20 heavy (non-hydrogen) atoms. The van der Waals surface area contributed by atoms with Crippen molar-refractivity contribution < 1.29 is 14.6 Å². The van der Waals surface area contributed by atoms with Gasteiger partial charge in [-0.25, -0.2) is 4.79 Å². The van der Waals surface area contributed by atoms with E-state index in [0.717, 1.165) is 24.0 Å². The molecule has 0 aliphatic rings. The minimum atomic E-state index is -0.411. The third-order valence-electron chi connectivity index (χ3n) is 3.58. The fourth-order valence-electron chi connectivity index (χ4n) is 2.05. The molecular formula is C17H26O3. The monoisotopic (exact) mass is 278 g/mol. The van der Waals surface area contributed by atoms with Gasteiger partial charge in [0.25, 0.3) is 0 Å². The summed E-state index contributed by atoms with van der Waals surface area (Å²) in [6.07, 6.45) is 5.64. The first-order chi connectivity index (χ1) is 9.56. The van der Waals surface area contributed by atoms with Crippen molar-refractivity contribution in [3.63, 3.8) is 0 Å². The van der Waals surface area contributed by atoms with Crippen LogP contribution >= 0.6 is 0 Å². The molecule has 3 nitrogen and oxygen atoms in total. The summed E-state index contributed by atoms with van der Waals surface area (Å²) in [5.41, 5.74) is 2.59. The van der Waals surface area contributed by atoms with E-state index in [9.17, 15) is 4.79 Å². The number of hydrogen-bond donors (Lipinski definition) is 0. The highest BCUT2D eigenvalue weighted by Gasteiger charge is 2.14. The molecule has 0 fully saturated rings. The summed E-state index contributed by atoms with van der Waals surface area (Å²) in [6, 6.07) is 5.59. The molecule has 1 atom stereocenters. The van der Waals surface area contributed by atoms with E-state index in [1.807, 2.05) is 32.9 Å². The molecule has 1 aromatic carbocycles. The molecule has 1 rings (SSSR count). The fourth-order valence-corrected chi connectivity index (χ4v) is 2.05. The van der Waals surface area contributed by atoms with Gasteiger partial charge < -0.3 is 0 Å². The quantitative estimate of drug-likeness (QED) is 0.391. The van der Waals surface area contributed by atoms with Crippen LogP contribution in [-0.2, 0) is 9.78 Å². The molecule has 3 heteroatoms. The number of carbonyl (C=O) groups is 1. The van der Waals surface area contributed by atoms with E-state index in [0.29, 0.717) is 5.56 Å². The van der Waals surface area contributed by atoms with Crippen molar-refractivity contribution in [2.75, 3.05) is 0 Å². The second-order valence-electron chi connectivity index (χ2n) is 5.37. The van der Waals surface area contributed by atoms with Gasteiger partial charge in [-0.1, -0.05) is 44.7 Å². The number of unbranched alkanes of at least 4 members (excludes halogenated alkanes) is 3. The zero-order valence-corrected chi connectivity index (χ0v) is 13.1. The van der Waals surface area contributed by atoms with Crippen molar-refractivity contribution in [1.29, 1.82) is 0 Å². The normalized spacial score (nSPS) is 12.2. The molecule has 0 bridgehead atoms. The van der Waals surface area contributed by atoms with Gasteiger partial charge in [-0.3, -0.25) is 4.89 Å². The van der Waals surface area contributed by atoms with Crippen LogP contribution in [0.4, 0.5) is 0 Å². The highest BCUT2D eigenvalue weighted by Crippen LogP contribution is 2.15. The van der Waals surface area contributed by atoms with Crippen LogP contribution in [0.2, 0.25) is 0 Å². The maximum atomic E-state index is 12.0. The highest BCUT2D eigenvalue weighted by molar-refractivity contribution is 5.90. The predicted octanol–water partition coefficient (Wildman–Crippen LogP) is 4.75. The minimum Gasteiger partial charge on any atom is -0.293 e. The average Bonchev–Trinajstić information content (AvgIpc) is 2.44. The molecular weight excluding hydrogens is 252 g/mol. The van der Waals surface area contributed by atoms with E-state index in [1.54, 1.807) is 6.07 Å². The smallest absolute Gasteiger partial charge is 0.293 e. The van der Waals surface area contributed by atoms with Crippen LogP contribution in [0.25, 0.3) is 0 Å². The van der Waals surface area contributed by atoms with Gasteiger partial charge in [0.2, 0.25) is 0 Å². The Bertz CT molecular complexity index is 426. The summed E-state index contributed by atoms with van der Waals surface area (Å²) in [5.74, 6) is -0.411. The molecule has 0 heterocycles. The van der Waals surface area contributed by atoms with Gasteiger partial charge in [-0.15, -0.1) is 0 Å². The van der Waals surface area contributed by atoms with Crippen LogP contribution in [0.15, 0.2) is 18.2 Å². The first-order valence-electron chi connectivity index (χ1n) is 7.50. The lowest BCUT2D eigenvalue weighted by Gasteiger charge is -2.12. The summed E-state index contributed by atoms with van der Waals surface area (Å²) in [4.78, 5) is 22.1. The second-order valence-corrected chi connectivity index (χ2v) is 5.37. The summed E-state index contributed by atoms with van der Waals surface area (Å²) in [5, 5.41) is 0. The van der Waals surface area contributed by atoms with Crippen LogP contribution in [0.1, 0.15) is 67.4 Å². The van der Waals surface area contributed by atoms with Gasteiger partial charge in [0.05, 0.1) is 5.56 Å². The van der Waals surface area contributed by atoms with E-state index in [4.69, 9.17) is 9.78 Å². The molecule has 0 radical (unpaired) electrons. The molecule has 0 aliphatic heterocycles. The van der Waals surface area contributed by atoms with Crippen molar-refractivity contribution in [3.05, 3.63) is 34.9 Å². The van der Waals surface area contributed by atoms with Crippen LogP contribution in [0, 0.1) is 13.8 Å². The highest BCUT2D eigenvalue weighted by atomic mass is 17.2. The standard InChI is InChI=1S/C17H26O3/c1-5-6-7-8-11-14(3)19-20-17(18)16-12-9-10-13(2)15(16)4/h9-10,12,14H,5-8,11H2,1-4H3. The van der Waals surface area contributed by atoms with Gasteiger partial charge in [0.15, 0.2) is 0 Å². The number of carbonyl (C=O) groups excluding carboxylic acids is 1. The third-order valence-corrected chi connectivity index (χ3v) is 3.58. The van der Waals surface area contributed by atoms with Crippen molar-refractivity contribution in [2.45, 2.75) is 65.9 Å². The Morgan fingerprint density at radius 1 is 1.20 bits per heavy atom. The zero-order valence-electron chi connectivity index (χ0n) is 13.1. The summed E-state index contributed by atoms with van der Waals surface area (Å²) >= 11 is 0. The number of benzene rings is 1. The maximum absolute atomic E-state index is 12.0. The Hall–Kier alpha value is -1.35. The van der Waals surface area contributed by atoms with Gasteiger partial charge >= 0.3 is 5.97 Å². The van der Waals surface area contributed by atoms with E-state index in [-0.39, 0.29) is 6.10 Å². The first-order valence-corrected chi connectivity index (χ1v) is 7.50. The lowest BCUT2D eigenvalue weighted by Crippen LogP contribution is -2.14. The van der Waals surface area contributed by atoms with Crippen molar-refractivity contribution in [3.8, 4) is 0 Å². The van der Waals surface area contributed by atoms with E-state index in [1.165, 1.54) is 19.3 Å². The lowest BCUT2D eigenvalue weighted by atomic mass is 10.0. The zero-order chi connectivity index (χ0) is 15.0. The molecule has 1 unspecified atom stereocenters. The Labute approximate surface area is 122 Å². The molecule has 0 saturated heterocycles. The largest absolute Gasteiger partial charge is 0.373 e. The average molecular weight is 278 g/mol. The summed E-state index contributed by atoms with van der Waals surface area (Å²) in [7, 11) is 0. The van der Waals surface area contributed by atoms with Crippen molar-refractivity contribution >= 4 is 5.97 Å². The first kappa shape index (κ1) is 16.7. The summed E-state index contributed by atoms with van der Waals surface area (Å²) in [6.45, 7) is 8.01. The fraction of sp³-hybridized carbons (Fsp3) is 0.588. The van der Waals surface area contributed by atoms with Gasteiger partial charge in [-0.05, 0) is 44.4 Å². The van der Waals surface area contributed by atoms with Crippen molar-refractivity contribution in [2.24, 2.45) is 0 Å². The molecule has 0 saturated carbocycles.